The quantitative estimate of drug-likeness (QED) is 0.590. The van der Waals surface area contributed by atoms with Crippen LogP contribution >= 0.6 is 0 Å². The Morgan fingerprint density at radius 1 is 1.06 bits per heavy atom. The molecule has 4 aliphatic rings. The van der Waals surface area contributed by atoms with E-state index in [1.165, 1.54) is 39.7 Å². The standard InChI is InChI=1S/C27H44O5/c1-16(6-11-25(30)31-5)21-9-10-22-20-8-7-18-14-19(32-17(2)28)12-13-26(18,3)23(20)15-24(29)27(21,22)4/h16,18-24,29H,6-15H2,1-5H3/t16-,18-,19-,20?,21?,22+,23+,24+,26+,27-/m1/s1. The summed E-state index contributed by atoms with van der Waals surface area (Å²) in [5.41, 5.74) is 0.200. The zero-order valence-electron chi connectivity index (χ0n) is 20.8. The van der Waals surface area contributed by atoms with Gasteiger partial charge in [0, 0.05) is 13.3 Å². The van der Waals surface area contributed by atoms with Gasteiger partial charge in [0.2, 0.25) is 0 Å². The summed E-state index contributed by atoms with van der Waals surface area (Å²) < 4.78 is 10.5. The largest absolute Gasteiger partial charge is 0.469 e. The zero-order valence-corrected chi connectivity index (χ0v) is 20.8. The smallest absolute Gasteiger partial charge is 0.305 e. The Balaban J connectivity index is 1.50. The third-order valence-electron chi connectivity index (χ3n) is 10.8. The van der Waals surface area contributed by atoms with Gasteiger partial charge in [0.25, 0.3) is 0 Å². The normalized spacial score (nSPS) is 46.4. The van der Waals surface area contributed by atoms with Crippen LogP contribution in [-0.2, 0) is 19.1 Å². The third kappa shape index (κ3) is 3.91. The Morgan fingerprint density at radius 3 is 2.50 bits per heavy atom. The van der Waals surface area contributed by atoms with Crippen molar-refractivity contribution < 1.29 is 24.2 Å². The van der Waals surface area contributed by atoms with Gasteiger partial charge in [-0.2, -0.15) is 0 Å². The predicted octanol–water partition coefficient (Wildman–Crippen LogP) is 5.14. The van der Waals surface area contributed by atoms with E-state index in [0.29, 0.717) is 41.9 Å². The highest BCUT2D eigenvalue weighted by Crippen LogP contribution is 2.68. The van der Waals surface area contributed by atoms with Crippen LogP contribution in [0.15, 0.2) is 0 Å². The molecule has 0 aromatic carbocycles. The molecule has 5 nitrogen and oxygen atoms in total. The van der Waals surface area contributed by atoms with E-state index in [4.69, 9.17) is 9.47 Å². The molecule has 0 spiro atoms. The molecule has 0 aromatic rings. The van der Waals surface area contributed by atoms with Gasteiger partial charge in [0.1, 0.15) is 6.10 Å². The van der Waals surface area contributed by atoms with Crippen molar-refractivity contribution in [1.82, 2.24) is 0 Å². The minimum absolute atomic E-state index is 0.0468. The van der Waals surface area contributed by atoms with Gasteiger partial charge < -0.3 is 14.6 Å². The second-order valence-corrected chi connectivity index (χ2v) is 12.1. The first-order chi connectivity index (χ1) is 15.1. The van der Waals surface area contributed by atoms with Crippen molar-refractivity contribution in [2.75, 3.05) is 7.11 Å². The maximum absolute atomic E-state index is 11.7. The number of hydrogen-bond donors (Lipinski definition) is 1. The van der Waals surface area contributed by atoms with Crippen molar-refractivity contribution in [3.63, 3.8) is 0 Å². The lowest BCUT2D eigenvalue weighted by atomic mass is 9.43. The maximum Gasteiger partial charge on any atom is 0.305 e. The van der Waals surface area contributed by atoms with Crippen LogP contribution in [0.25, 0.3) is 0 Å². The molecule has 0 saturated heterocycles. The van der Waals surface area contributed by atoms with Crippen LogP contribution in [-0.4, -0.2) is 36.4 Å². The highest BCUT2D eigenvalue weighted by atomic mass is 16.5. The first-order valence-electron chi connectivity index (χ1n) is 13.0. The summed E-state index contributed by atoms with van der Waals surface area (Å²) in [7, 11) is 1.46. The van der Waals surface area contributed by atoms with Crippen LogP contribution in [0.5, 0.6) is 0 Å². The molecule has 182 valence electrons. The lowest BCUT2D eigenvalue weighted by Crippen LogP contribution is -2.59. The summed E-state index contributed by atoms with van der Waals surface area (Å²) in [5, 5.41) is 11.6. The summed E-state index contributed by atoms with van der Waals surface area (Å²) in [5.74, 6) is 3.02. The number of carbonyl (C=O) groups is 2. The molecular weight excluding hydrogens is 404 g/mol. The summed E-state index contributed by atoms with van der Waals surface area (Å²) in [4.78, 5) is 23.2. The molecule has 0 aliphatic heterocycles. The molecule has 4 rings (SSSR count). The zero-order chi connectivity index (χ0) is 23.3. The average molecular weight is 449 g/mol. The Morgan fingerprint density at radius 2 is 1.81 bits per heavy atom. The van der Waals surface area contributed by atoms with E-state index in [2.05, 4.69) is 20.8 Å². The molecule has 0 heterocycles. The molecule has 4 saturated carbocycles. The first kappa shape index (κ1) is 24.0. The number of fused-ring (bicyclic) bond motifs is 5. The molecule has 5 heteroatoms. The van der Waals surface area contributed by atoms with Gasteiger partial charge in [-0.05, 0) is 104 Å². The van der Waals surface area contributed by atoms with Gasteiger partial charge >= 0.3 is 11.9 Å². The second-order valence-electron chi connectivity index (χ2n) is 12.1. The van der Waals surface area contributed by atoms with Crippen molar-refractivity contribution in [2.45, 2.75) is 104 Å². The average Bonchev–Trinajstić information content (AvgIpc) is 3.11. The van der Waals surface area contributed by atoms with Crippen LogP contribution in [0.4, 0.5) is 0 Å². The van der Waals surface area contributed by atoms with Crippen molar-refractivity contribution in [3.05, 3.63) is 0 Å². The molecule has 1 N–H and O–H groups in total. The number of methoxy groups -OCH3 is 1. The highest BCUT2D eigenvalue weighted by molar-refractivity contribution is 5.69. The Hall–Kier alpha value is -1.10. The summed E-state index contributed by atoms with van der Waals surface area (Å²) >= 11 is 0. The molecule has 4 fully saturated rings. The fourth-order valence-corrected chi connectivity index (χ4v) is 9.13. The number of esters is 2. The lowest BCUT2D eigenvalue weighted by Gasteiger charge is -2.62. The van der Waals surface area contributed by atoms with E-state index in [-0.39, 0.29) is 35.0 Å². The minimum atomic E-state index is -0.274. The fourth-order valence-electron chi connectivity index (χ4n) is 9.13. The Bertz CT molecular complexity index is 721. The number of carbonyl (C=O) groups excluding carboxylic acids is 2. The van der Waals surface area contributed by atoms with Crippen LogP contribution in [0.3, 0.4) is 0 Å². The van der Waals surface area contributed by atoms with E-state index in [1.807, 2.05) is 0 Å². The predicted molar refractivity (Wildman–Crippen MR) is 123 cm³/mol. The van der Waals surface area contributed by atoms with Crippen molar-refractivity contribution in [1.29, 1.82) is 0 Å². The van der Waals surface area contributed by atoms with E-state index in [9.17, 15) is 14.7 Å². The van der Waals surface area contributed by atoms with E-state index >= 15 is 0 Å². The molecule has 4 aliphatic carbocycles. The molecule has 32 heavy (non-hydrogen) atoms. The van der Waals surface area contributed by atoms with Crippen LogP contribution in [0.1, 0.15) is 91.9 Å². The first-order valence-corrected chi connectivity index (χ1v) is 13.0. The second kappa shape index (κ2) is 8.92. The van der Waals surface area contributed by atoms with Gasteiger partial charge in [-0.1, -0.05) is 20.8 Å². The summed E-state index contributed by atoms with van der Waals surface area (Å²) in [6.07, 6.45) is 9.92. The number of ether oxygens (including phenoxy) is 2. The molecule has 10 atom stereocenters. The molecular formula is C27H44O5. The summed E-state index contributed by atoms with van der Waals surface area (Å²) in [6.45, 7) is 8.62. The van der Waals surface area contributed by atoms with Crippen molar-refractivity contribution in [2.24, 2.45) is 46.3 Å². The Labute approximate surface area is 194 Å². The summed E-state index contributed by atoms with van der Waals surface area (Å²) in [6, 6.07) is 0. The van der Waals surface area contributed by atoms with Gasteiger partial charge in [0.15, 0.2) is 0 Å². The third-order valence-corrected chi connectivity index (χ3v) is 10.8. The number of aliphatic hydroxyl groups is 1. The van der Waals surface area contributed by atoms with Crippen molar-refractivity contribution >= 4 is 11.9 Å². The fraction of sp³-hybridized carbons (Fsp3) is 0.926. The molecule has 0 bridgehead atoms. The number of hydrogen-bond acceptors (Lipinski definition) is 5. The van der Waals surface area contributed by atoms with Gasteiger partial charge in [-0.15, -0.1) is 0 Å². The van der Waals surface area contributed by atoms with Gasteiger partial charge in [0.05, 0.1) is 13.2 Å². The molecule has 0 radical (unpaired) electrons. The molecule has 2 unspecified atom stereocenters. The monoisotopic (exact) mass is 448 g/mol. The highest BCUT2D eigenvalue weighted by Gasteiger charge is 2.63. The van der Waals surface area contributed by atoms with Crippen LogP contribution in [0, 0.1) is 46.3 Å². The van der Waals surface area contributed by atoms with Crippen LogP contribution in [0.2, 0.25) is 0 Å². The maximum atomic E-state index is 11.7. The topological polar surface area (TPSA) is 72.8 Å². The van der Waals surface area contributed by atoms with Gasteiger partial charge in [-0.25, -0.2) is 0 Å². The van der Waals surface area contributed by atoms with Gasteiger partial charge in [-0.3, -0.25) is 9.59 Å². The SMILES string of the molecule is COC(=O)CC[C@@H](C)C1CC[C@H]2C3CC[C@@H]4C[C@H](OC(C)=O)CC[C@]4(C)[C@H]3C[C@H](O)[C@]12C. The molecule has 0 aromatic heterocycles. The van der Waals surface area contributed by atoms with Crippen LogP contribution < -0.4 is 0 Å². The van der Waals surface area contributed by atoms with E-state index < -0.39 is 0 Å². The minimum Gasteiger partial charge on any atom is -0.469 e. The number of rotatable bonds is 5. The Kier molecular flexibility index (Phi) is 6.70. The number of aliphatic hydroxyl groups excluding tert-OH is 1. The molecule has 0 amide bonds. The van der Waals surface area contributed by atoms with Crippen molar-refractivity contribution in [3.8, 4) is 0 Å². The van der Waals surface area contributed by atoms with E-state index in [1.54, 1.807) is 0 Å². The lowest BCUT2D eigenvalue weighted by molar-refractivity contribution is -0.181. The van der Waals surface area contributed by atoms with E-state index in [0.717, 1.165) is 32.1 Å².